The van der Waals surface area contributed by atoms with E-state index in [-0.39, 0.29) is 11.3 Å². The van der Waals surface area contributed by atoms with Crippen molar-refractivity contribution >= 4 is 38.9 Å². The summed E-state index contributed by atoms with van der Waals surface area (Å²) in [7, 11) is -4.35. The van der Waals surface area contributed by atoms with Gasteiger partial charge < -0.3 is 5.32 Å². The quantitative estimate of drug-likeness (QED) is 0.597. The molecule has 0 aliphatic carbocycles. The average molecular weight is 441 g/mol. The number of hydrogen-bond acceptors (Lipinski definition) is 3. The summed E-state index contributed by atoms with van der Waals surface area (Å²) >= 11 is 5.74. The van der Waals surface area contributed by atoms with E-state index in [9.17, 15) is 26.4 Å². The van der Waals surface area contributed by atoms with Gasteiger partial charge in [0.2, 0.25) is 0 Å². The van der Waals surface area contributed by atoms with Crippen molar-refractivity contribution in [3.8, 4) is 0 Å². The summed E-state index contributed by atoms with van der Waals surface area (Å²) in [5.41, 5.74) is -0.525. The lowest BCUT2D eigenvalue weighted by molar-refractivity contribution is 0.102. The van der Waals surface area contributed by atoms with Crippen LogP contribution in [0.2, 0.25) is 5.02 Å². The second kappa shape index (κ2) is 8.14. The Bertz CT molecular complexity index is 1190. The van der Waals surface area contributed by atoms with Crippen molar-refractivity contribution < 1.29 is 26.4 Å². The summed E-state index contributed by atoms with van der Waals surface area (Å²) in [5.74, 6) is -3.64. The maximum atomic E-state index is 14.3. The van der Waals surface area contributed by atoms with Gasteiger partial charge in [-0.1, -0.05) is 11.6 Å². The highest BCUT2D eigenvalue weighted by molar-refractivity contribution is 7.92. The Morgan fingerprint density at radius 2 is 1.45 bits per heavy atom. The van der Waals surface area contributed by atoms with Crippen LogP contribution in [-0.4, -0.2) is 14.3 Å². The molecule has 0 radical (unpaired) electrons. The maximum absolute atomic E-state index is 14.3. The van der Waals surface area contributed by atoms with E-state index in [0.29, 0.717) is 17.2 Å². The summed E-state index contributed by atoms with van der Waals surface area (Å²) in [5, 5.41) is 2.74. The van der Waals surface area contributed by atoms with Gasteiger partial charge in [0.15, 0.2) is 0 Å². The maximum Gasteiger partial charge on any atom is 0.262 e. The monoisotopic (exact) mass is 440 g/mol. The average Bonchev–Trinajstić information content (AvgIpc) is 2.66. The van der Waals surface area contributed by atoms with E-state index in [1.165, 1.54) is 24.3 Å². The van der Waals surface area contributed by atoms with Crippen molar-refractivity contribution in [3.05, 3.63) is 88.7 Å². The smallest absolute Gasteiger partial charge is 0.262 e. The predicted octanol–water partition coefficient (Wildman–Crippen LogP) is 4.81. The SMILES string of the molecule is O=C(Nc1ccc(S(=O)(=O)Nc2ccc(F)cc2F)cc1F)c1ccc(Cl)cc1. The molecule has 3 aromatic carbocycles. The molecule has 5 nitrogen and oxygen atoms in total. The predicted molar refractivity (Wildman–Crippen MR) is 103 cm³/mol. The number of carbonyl (C=O) groups excluding carboxylic acids is 1. The van der Waals surface area contributed by atoms with E-state index < -0.39 is 44.0 Å². The highest BCUT2D eigenvalue weighted by Crippen LogP contribution is 2.24. The molecule has 0 aliphatic heterocycles. The van der Waals surface area contributed by atoms with Crippen LogP contribution in [0, 0.1) is 17.5 Å². The Labute approximate surface area is 169 Å². The molecule has 1 amide bonds. The van der Waals surface area contributed by atoms with Crippen LogP contribution in [0.4, 0.5) is 24.5 Å². The summed E-state index contributed by atoms with van der Waals surface area (Å²) in [6, 6.07) is 10.9. The van der Waals surface area contributed by atoms with E-state index >= 15 is 0 Å². The van der Waals surface area contributed by atoms with Crippen LogP contribution >= 0.6 is 11.6 Å². The second-order valence-electron chi connectivity index (χ2n) is 5.83. The standard InChI is InChI=1S/C19H12ClF3N2O3S/c20-12-3-1-11(2-4-12)19(26)24-17-8-6-14(10-16(17)23)29(27,28)25-18-7-5-13(21)9-15(18)22/h1-10,25H,(H,24,26). The van der Waals surface area contributed by atoms with Crippen molar-refractivity contribution in [2.24, 2.45) is 0 Å². The fourth-order valence-electron chi connectivity index (χ4n) is 2.34. The van der Waals surface area contributed by atoms with Gasteiger partial charge in [0.1, 0.15) is 17.5 Å². The number of amides is 1. The van der Waals surface area contributed by atoms with Gasteiger partial charge in [-0.3, -0.25) is 9.52 Å². The first-order valence-electron chi connectivity index (χ1n) is 8.00. The number of halogens is 4. The van der Waals surface area contributed by atoms with Crippen molar-refractivity contribution in [1.29, 1.82) is 0 Å². The van der Waals surface area contributed by atoms with Gasteiger partial charge in [-0.05, 0) is 54.6 Å². The molecule has 0 saturated heterocycles. The zero-order valence-corrected chi connectivity index (χ0v) is 16.0. The van der Waals surface area contributed by atoms with E-state index in [1.807, 2.05) is 4.72 Å². The number of anilines is 2. The Balaban J connectivity index is 1.80. The molecule has 150 valence electrons. The number of hydrogen-bond donors (Lipinski definition) is 2. The van der Waals surface area contributed by atoms with E-state index in [0.717, 1.165) is 24.3 Å². The molecular weight excluding hydrogens is 429 g/mol. The molecule has 0 bridgehead atoms. The second-order valence-corrected chi connectivity index (χ2v) is 7.95. The molecule has 0 spiro atoms. The fourth-order valence-corrected chi connectivity index (χ4v) is 3.54. The van der Waals surface area contributed by atoms with E-state index in [4.69, 9.17) is 11.6 Å². The zero-order chi connectivity index (χ0) is 21.2. The molecule has 3 rings (SSSR count). The van der Waals surface area contributed by atoms with Gasteiger partial charge in [-0.25, -0.2) is 21.6 Å². The number of rotatable bonds is 5. The van der Waals surface area contributed by atoms with Gasteiger partial charge >= 0.3 is 0 Å². The van der Waals surface area contributed by atoms with Crippen LogP contribution in [0.3, 0.4) is 0 Å². The Hall–Kier alpha value is -3.04. The third kappa shape index (κ3) is 4.87. The molecule has 0 fully saturated rings. The lowest BCUT2D eigenvalue weighted by Gasteiger charge is -2.11. The number of nitrogens with one attached hydrogen (secondary N) is 2. The van der Waals surface area contributed by atoms with Crippen LogP contribution in [0.15, 0.2) is 65.6 Å². The molecule has 0 saturated carbocycles. The summed E-state index contributed by atoms with van der Waals surface area (Å²) in [6.07, 6.45) is 0. The van der Waals surface area contributed by atoms with Crippen molar-refractivity contribution in [2.45, 2.75) is 4.90 Å². The molecule has 10 heteroatoms. The molecule has 2 N–H and O–H groups in total. The third-order valence-electron chi connectivity index (χ3n) is 3.78. The first-order chi connectivity index (χ1) is 13.7. The topological polar surface area (TPSA) is 75.3 Å². The van der Waals surface area contributed by atoms with Gasteiger partial charge in [-0.15, -0.1) is 0 Å². The fraction of sp³-hybridized carbons (Fsp3) is 0. The summed E-state index contributed by atoms with van der Waals surface area (Å²) < 4.78 is 67.5. The number of carbonyl (C=O) groups is 1. The minimum absolute atomic E-state index is 0.221. The number of sulfonamides is 1. The summed E-state index contributed by atoms with van der Waals surface area (Å²) in [6.45, 7) is 0. The van der Waals surface area contributed by atoms with Gasteiger partial charge in [-0.2, -0.15) is 0 Å². The molecule has 0 aliphatic rings. The van der Waals surface area contributed by atoms with E-state index in [1.54, 1.807) is 0 Å². The lowest BCUT2D eigenvalue weighted by Crippen LogP contribution is -2.16. The van der Waals surface area contributed by atoms with E-state index in [2.05, 4.69) is 5.32 Å². The first kappa shape index (κ1) is 20.7. The van der Waals surface area contributed by atoms with Crippen LogP contribution in [0.1, 0.15) is 10.4 Å². The lowest BCUT2D eigenvalue weighted by atomic mass is 10.2. The third-order valence-corrected chi connectivity index (χ3v) is 5.40. The minimum Gasteiger partial charge on any atom is -0.319 e. The largest absolute Gasteiger partial charge is 0.319 e. The molecule has 0 unspecified atom stereocenters. The highest BCUT2D eigenvalue weighted by atomic mass is 35.5. The van der Waals surface area contributed by atoms with Crippen molar-refractivity contribution in [2.75, 3.05) is 10.0 Å². The molecule has 29 heavy (non-hydrogen) atoms. The Kier molecular flexibility index (Phi) is 5.81. The first-order valence-corrected chi connectivity index (χ1v) is 9.86. The molecule has 0 atom stereocenters. The molecule has 0 aromatic heterocycles. The molecular formula is C19H12ClF3N2O3S. The van der Waals surface area contributed by atoms with Gasteiger partial charge in [0.05, 0.1) is 16.3 Å². The highest BCUT2D eigenvalue weighted by Gasteiger charge is 2.19. The molecule has 0 heterocycles. The van der Waals surface area contributed by atoms with Crippen LogP contribution < -0.4 is 10.0 Å². The minimum atomic E-state index is -4.35. The Morgan fingerprint density at radius 3 is 2.07 bits per heavy atom. The van der Waals surface area contributed by atoms with Crippen molar-refractivity contribution in [1.82, 2.24) is 0 Å². The van der Waals surface area contributed by atoms with Crippen LogP contribution in [0.25, 0.3) is 0 Å². The van der Waals surface area contributed by atoms with Gasteiger partial charge in [0, 0.05) is 16.7 Å². The summed E-state index contributed by atoms with van der Waals surface area (Å²) in [4.78, 5) is 11.6. The zero-order valence-electron chi connectivity index (χ0n) is 14.4. The van der Waals surface area contributed by atoms with Gasteiger partial charge in [0.25, 0.3) is 15.9 Å². The molecule has 3 aromatic rings. The van der Waals surface area contributed by atoms with Crippen LogP contribution in [-0.2, 0) is 10.0 Å². The normalized spacial score (nSPS) is 11.2. The number of benzene rings is 3. The Morgan fingerprint density at radius 1 is 0.828 bits per heavy atom. The van der Waals surface area contributed by atoms with Crippen LogP contribution in [0.5, 0.6) is 0 Å². The van der Waals surface area contributed by atoms with Crippen molar-refractivity contribution in [3.63, 3.8) is 0 Å².